The first-order chi connectivity index (χ1) is 7.59. The molecular weight excluding hydrogens is 270 g/mol. The fourth-order valence-corrected chi connectivity index (χ4v) is 2.59. The molecule has 16 heavy (non-hydrogen) atoms. The highest BCUT2D eigenvalue weighted by Gasteiger charge is 2.19. The summed E-state index contributed by atoms with van der Waals surface area (Å²) in [5.41, 5.74) is 8.18. The third-order valence-electron chi connectivity index (χ3n) is 2.68. The maximum Gasteiger partial charge on any atom is 0.164 e. The van der Waals surface area contributed by atoms with E-state index in [1.54, 1.807) is 0 Å². The number of rotatable bonds is 2. The molecule has 0 radical (unpaired) electrons. The summed E-state index contributed by atoms with van der Waals surface area (Å²) in [5.74, 6) is 1.69. The molecular formula is C12H16BrNO2. The van der Waals surface area contributed by atoms with Gasteiger partial charge in [0.2, 0.25) is 0 Å². The van der Waals surface area contributed by atoms with Crippen LogP contribution in [0.2, 0.25) is 0 Å². The first-order valence-corrected chi connectivity index (χ1v) is 6.22. The second-order valence-corrected chi connectivity index (χ2v) is 5.02. The van der Waals surface area contributed by atoms with Crippen molar-refractivity contribution in [2.45, 2.75) is 26.3 Å². The molecule has 88 valence electrons. The third-order valence-corrected chi connectivity index (χ3v) is 3.38. The van der Waals surface area contributed by atoms with Gasteiger partial charge in [0.05, 0.1) is 0 Å². The predicted octanol–water partition coefficient (Wildman–Crippen LogP) is 2.42. The summed E-state index contributed by atoms with van der Waals surface area (Å²) in [6, 6.07) is 2.11. The van der Waals surface area contributed by atoms with Crippen molar-refractivity contribution in [2.24, 2.45) is 5.73 Å². The third kappa shape index (κ3) is 2.18. The van der Waals surface area contributed by atoms with Crippen LogP contribution in [0.15, 0.2) is 10.5 Å². The van der Waals surface area contributed by atoms with E-state index in [1.807, 2.05) is 13.0 Å². The van der Waals surface area contributed by atoms with E-state index in [0.29, 0.717) is 13.2 Å². The van der Waals surface area contributed by atoms with Gasteiger partial charge in [-0.3, -0.25) is 0 Å². The van der Waals surface area contributed by atoms with Crippen LogP contribution >= 0.6 is 15.9 Å². The molecule has 1 aliphatic rings. The van der Waals surface area contributed by atoms with Gasteiger partial charge in [-0.05, 0) is 37.5 Å². The summed E-state index contributed by atoms with van der Waals surface area (Å²) in [6.45, 7) is 5.29. The van der Waals surface area contributed by atoms with E-state index in [4.69, 9.17) is 15.2 Å². The van der Waals surface area contributed by atoms with E-state index in [0.717, 1.165) is 28.0 Å². The lowest BCUT2D eigenvalue weighted by molar-refractivity contribution is 0.170. The summed E-state index contributed by atoms with van der Waals surface area (Å²) < 4.78 is 12.3. The molecule has 1 aromatic rings. The molecule has 0 aliphatic carbocycles. The van der Waals surface area contributed by atoms with E-state index in [-0.39, 0.29) is 6.04 Å². The molecule has 0 fully saturated rings. The quantitative estimate of drug-likeness (QED) is 0.908. The summed E-state index contributed by atoms with van der Waals surface area (Å²) in [5, 5.41) is 0. The SMILES string of the molecule is Cc1c(CC(C)N)c(Br)cc2c1OCCO2. The average Bonchev–Trinajstić information content (AvgIpc) is 2.24. The zero-order chi connectivity index (χ0) is 11.7. The molecule has 1 atom stereocenters. The standard InChI is InChI=1S/C12H16BrNO2/c1-7(14)5-9-8(2)12-11(6-10(9)13)15-3-4-16-12/h6-7H,3-5,14H2,1-2H3. The predicted molar refractivity (Wildman–Crippen MR) is 67.2 cm³/mol. The normalized spacial score (nSPS) is 16.0. The molecule has 1 unspecified atom stereocenters. The number of fused-ring (bicyclic) bond motifs is 1. The smallest absolute Gasteiger partial charge is 0.164 e. The molecule has 0 aromatic heterocycles. The first-order valence-electron chi connectivity index (χ1n) is 5.42. The number of ether oxygens (including phenoxy) is 2. The highest BCUT2D eigenvalue weighted by atomic mass is 79.9. The van der Waals surface area contributed by atoms with E-state index >= 15 is 0 Å². The zero-order valence-corrected chi connectivity index (χ0v) is 11.1. The number of halogens is 1. The Morgan fingerprint density at radius 3 is 2.81 bits per heavy atom. The van der Waals surface area contributed by atoms with E-state index in [2.05, 4.69) is 22.9 Å². The highest BCUT2D eigenvalue weighted by Crippen LogP contribution is 2.39. The van der Waals surface area contributed by atoms with Crippen molar-refractivity contribution < 1.29 is 9.47 Å². The van der Waals surface area contributed by atoms with Crippen LogP contribution in [0.25, 0.3) is 0 Å². The second kappa shape index (κ2) is 4.63. The van der Waals surface area contributed by atoms with Crippen molar-refractivity contribution in [3.63, 3.8) is 0 Å². The minimum absolute atomic E-state index is 0.137. The van der Waals surface area contributed by atoms with E-state index in [9.17, 15) is 0 Å². The average molecular weight is 286 g/mol. The van der Waals surface area contributed by atoms with Gasteiger partial charge in [-0.1, -0.05) is 15.9 Å². The van der Waals surface area contributed by atoms with E-state index < -0.39 is 0 Å². The van der Waals surface area contributed by atoms with Crippen LogP contribution in [0.5, 0.6) is 11.5 Å². The molecule has 1 heterocycles. The van der Waals surface area contributed by atoms with Crippen LogP contribution in [-0.2, 0) is 6.42 Å². The molecule has 0 bridgehead atoms. The lowest BCUT2D eigenvalue weighted by atomic mass is 10.0. The molecule has 1 aliphatic heterocycles. The Bertz CT molecular complexity index is 404. The van der Waals surface area contributed by atoms with Crippen LogP contribution < -0.4 is 15.2 Å². The molecule has 3 nitrogen and oxygen atoms in total. The Morgan fingerprint density at radius 1 is 1.44 bits per heavy atom. The van der Waals surface area contributed by atoms with Crippen molar-refractivity contribution >= 4 is 15.9 Å². The Kier molecular flexibility index (Phi) is 3.40. The van der Waals surface area contributed by atoms with Gasteiger partial charge >= 0.3 is 0 Å². The molecule has 1 aromatic carbocycles. The van der Waals surface area contributed by atoms with Gasteiger partial charge in [0.15, 0.2) is 11.5 Å². The molecule has 2 N–H and O–H groups in total. The fraction of sp³-hybridized carbons (Fsp3) is 0.500. The van der Waals surface area contributed by atoms with Gasteiger partial charge in [0.1, 0.15) is 13.2 Å². The Balaban J connectivity index is 2.45. The van der Waals surface area contributed by atoms with Crippen molar-refractivity contribution in [1.29, 1.82) is 0 Å². The fourth-order valence-electron chi connectivity index (χ4n) is 1.92. The van der Waals surface area contributed by atoms with E-state index in [1.165, 1.54) is 5.56 Å². The van der Waals surface area contributed by atoms with Crippen molar-refractivity contribution in [1.82, 2.24) is 0 Å². The maximum atomic E-state index is 5.85. The molecule has 4 heteroatoms. The largest absolute Gasteiger partial charge is 0.486 e. The lowest BCUT2D eigenvalue weighted by Crippen LogP contribution is -2.21. The van der Waals surface area contributed by atoms with Crippen molar-refractivity contribution in [2.75, 3.05) is 13.2 Å². The summed E-state index contributed by atoms with van der Waals surface area (Å²) in [6.07, 6.45) is 0.836. The van der Waals surface area contributed by atoms with Gasteiger partial charge in [-0.15, -0.1) is 0 Å². The highest BCUT2D eigenvalue weighted by molar-refractivity contribution is 9.10. The monoisotopic (exact) mass is 285 g/mol. The van der Waals surface area contributed by atoms with Crippen LogP contribution in [-0.4, -0.2) is 19.3 Å². The van der Waals surface area contributed by atoms with Crippen LogP contribution in [0.3, 0.4) is 0 Å². The summed E-state index contributed by atoms with van der Waals surface area (Å²) in [4.78, 5) is 0. The summed E-state index contributed by atoms with van der Waals surface area (Å²) >= 11 is 3.56. The number of hydrogen-bond acceptors (Lipinski definition) is 3. The van der Waals surface area contributed by atoms with Gasteiger partial charge < -0.3 is 15.2 Å². The molecule has 0 saturated heterocycles. The van der Waals surface area contributed by atoms with Crippen molar-refractivity contribution in [3.8, 4) is 11.5 Å². The number of nitrogens with two attached hydrogens (primary N) is 1. The lowest BCUT2D eigenvalue weighted by Gasteiger charge is -2.23. The first kappa shape index (κ1) is 11.7. The number of benzene rings is 1. The maximum absolute atomic E-state index is 5.85. The minimum atomic E-state index is 0.137. The Labute approximate surface area is 104 Å². The van der Waals surface area contributed by atoms with Gasteiger partial charge in [0.25, 0.3) is 0 Å². The topological polar surface area (TPSA) is 44.5 Å². The van der Waals surface area contributed by atoms with Gasteiger partial charge in [0, 0.05) is 10.5 Å². The Morgan fingerprint density at radius 2 is 2.12 bits per heavy atom. The Hall–Kier alpha value is -0.740. The molecule has 2 rings (SSSR count). The summed E-state index contributed by atoms with van der Waals surface area (Å²) in [7, 11) is 0. The van der Waals surface area contributed by atoms with Crippen LogP contribution in [0, 0.1) is 6.92 Å². The van der Waals surface area contributed by atoms with Crippen molar-refractivity contribution in [3.05, 3.63) is 21.7 Å². The molecule has 0 amide bonds. The molecule has 0 saturated carbocycles. The molecule has 0 spiro atoms. The minimum Gasteiger partial charge on any atom is -0.486 e. The van der Waals surface area contributed by atoms with Crippen LogP contribution in [0.1, 0.15) is 18.1 Å². The zero-order valence-electron chi connectivity index (χ0n) is 9.55. The van der Waals surface area contributed by atoms with Gasteiger partial charge in [-0.25, -0.2) is 0 Å². The number of hydrogen-bond donors (Lipinski definition) is 1. The van der Waals surface area contributed by atoms with Gasteiger partial charge in [-0.2, -0.15) is 0 Å². The second-order valence-electron chi connectivity index (χ2n) is 4.17. The van der Waals surface area contributed by atoms with Crippen LogP contribution in [0.4, 0.5) is 0 Å².